The summed E-state index contributed by atoms with van der Waals surface area (Å²) in [5.74, 6) is -1.09. The largest absolute Gasteiger partial charge is 0.481 e. The molecular formula is C17H17ClN2O3S. The molecule has 1 amide bonds. The maximum absolute atomic E-state index is 12.7. The number of amides is 1. The number of aromatic nitrogens is 1. The molecule has 0 spiro atoms. The number of piperidine rings is 1. The number of rotatable bonds is 3. The summed E-state index contributed by atoms with van der Waals surface area (Å²) in [7, 11) is 0. The van der Waals surface area contributed by atoms with Crippen LogP contribution in [0.5, 0.6) is 0 Å². The van der Waals surface area contributed by atoms with Crippen molar-refractivity contribution in [2.45, 2.75) is 19.8 Å². The molecule has 1 atom stereocenters. The van der Waals surface area contributed by atoms with Gasteiger partial charge in [0.2, 0.25) is 0 Å². The second kappa shape index (κ2) is 6.53. The number of nitrogens with zero attached hydrogens (tertiary/aromatic N) is 2. The number of carbonyl (C=O) groups is 2. The topological polar surface area (TPSA) is 70.5 Å². The lowest BCUT2D eigenvalue weighted by molar-refractivity contribution is -0.150. The molecule has 1 saturated heterocycles. The molecule has 0 radical (unpaired) electrons. The second-order valence-corrected chi connectivity index (χ2v) is 7.48. The molecule has 1 aliphatic rings. The minimum absolute atomic E-state index is 0.208. The van der Waals surface area contributed by atoms with Crippen LogP contribution < -0.4 is 0 Å². The van der Waals surface area contributed by atoms with Gasteiger partial charge in [0.05, 0.1) is 10.4 Å². The maximum atomic E-state index is 12.7. The predicted octanol–water partition coefficient (Wildman–Crippen LogP) is 3.79. The van der Waals surface area contributed by atoms with E-state index in [1.54, 1.807) is 23.3 Å². The van der Waals surface area contributed by atoms with Gasteiger partial charge in [-0.2, -0.15) is 0 Å². The maximum Gasteiger partial charge on any atom is 0.311 e. The van der Waals surface area contributed by atoms with Gasteiger partial charge in [0.15, 0.2) is 0 Å². The Bertz CT molecular complexity index is 792. The van der Waals surface area contributed by atoms with E-state index in [4.69, 9.17) is 11.6 Å². The van der Waals surface area contributed by atoms with Gasteiger partial charge in [0, 0.05) is 24.0 Å². The Morgan fingerprint density at radius 2 is 2.12 bits per heavy atom. The van der Waals surface area contributed by atoms with Crippen molar-refractivity contribution in [3.8, 4) is 10.6 Å². The van der Waals surface area contributed by atoms with Crippen molar-refractivity contribution < 1.29 is 14.7 Å². The number of carbonyl (C=O) groups excluding carboxylic acids is 1. The zero-order valence-electron chi connectivity index (χ0n) is 13.2. The molecule has 7 heteroatoms. The molecule has 1 N–H and O–H groups in total. The van der Waals surface area contributed by atoms with E-state index < -0.39 is 11.4 Å². The third-order valence-corrected chi connectivity index (χ3v) is 5.53. The number of carboxylic acids is 1. The number of likely N-dealkylation sites (tertiary alicyclic amines) is 1. The van der Waals surface area contributed by atoms with Gasteiger partial charge in [-0.15, -0.1) is 11.3 Å². The zero-order valence-corrected chi connectivity index (χ0v) is 14.7. The Hall–Kier alpha value is -1.92. The molecule has 1 aromatic carbocycles. The fourth-order valence-electron chi connectivity index (χ4n) is 2.88. The minimum atomic E-state index is -0.893. The highest BCUT2D eigenvalue weighted by Gasteiger charge is 2.39. The molecule has 1 fully saturated rings. The van der Waals surface area contributed by atoms with Crippen molar-refractivity contribution >= 4 is 34.8 Å². The van der Waals surface area contributed by atoms with Crippen molar-refractivity contribution in [2.75, 3.05) is 13.1 Å². The first-order valence-corrected chi connectivity index (χ1v) is 8.89. The first-order valence-electron chi connectivity index (χ1n) is 7.64. The summed E-state index contributed by atoms with van der Waals surface area (Å²) < 4.78 is 0. The van der Waals surface area contributed by atoms with E-state index in [0.717, 1.165) is 5.56 Å². The molecule has 1 aromatic heterocycles. The number of thiazole rings is 1. The number of carboxylic acid groups (broad SMARTS) is 1. The first-order chi connectivity index (χ1) is 11.4. The quantitative estimate of drug-likeness (QED) is 0.899. The van der Waals surface area contributed by atoms with Crippen molar-refractivity contribution in [1.82, 2.24) is 9.88 Å². The predicted molar refractivity (Wildman–Crippen MR) is 93.4 cm³/mol. The molecule has 0 saturated carbocycles. The van der Waals surface area contributed by atoms with Gasteiger partial charge >= 0.3 is 5.97 Å². The lowest BCUT2D eigenvalue weighted by Gasteiger charge is -2.37. The Labute approximate surface area is 148 Å². The van der Waals surface area contributed by atoms with Crippen LogP contribution in [0.4, 0.5) is 0 Å². The van der Waals surface area contributed by atoms with Crippen molar-refractivity contribution in [3.63, 3.8) is 0 Å². The van der Waals surface area contributed by atoms with Gasteiger partial charge in [-0.1, -0.05) is 29.8 Å². The van der Waals surface area contributed by atoms with Crippen LogP contribution in [0.15, 0.2) is 29.6 Å². The highest BCUT2D eigenvalue weighted by Crippen LogP contribution is 2.33. The van der Waals surface area contributed by atoms with Crippen molar-refractivity contribution in [3.05, 3.63) is 40.4 Å². The number of benzene rings is 1. The van der Waals surface area contributed by atoms with E-state index in [9.17, 15) is 14.7 Å². The summed E-state index contributed by atoms with van der Waals surface area (Å²) in [6.45, 7) is 2.45. The summed E-state index contributed by atoms with van der Waals surface area (Å²) in [5, 5.41) is 12.4. The lowest BCUT2D eigenvalue weighted by Crippen LogP contribution is -2.48. The van der Waals surface area contributed by atoms with Gasteiger partial charge in [0.25, 0.3) is 5.91 Å². The molecular weight excluding hydrogens is 348 g/mol. The Kier molecular flexibility index (Phi) is 4.60. The van der Waals surface area contributed by atoms with Gasteiger partial charge in [-0.25, -0.2) is 4.98 Å². The van der Waals surface area contributed by atoms with Crippen LogP contribution in [0.3, 0.4) is 0 Å². The second-order valence-electron chi connectivity index (χ2n) is 6.21. The molecule has 2 heterocycles. The monoisotopic (exact) mass is 364 g/mol. The minimum Gasteiger partial charge on any atom is -0.481 e. The van der Waals surface area contributed by atoms with Crippen LogP contribution in [0, 0.1) is 5.41 Å². The molecule has 1 unspecified atom stereocenters. The summed E-state index contributed by atoms with van der Waals surface area (Å²) in [4.78, 5) is 30.1. The lowest BCUT2D eigenvalue weighted by atomic mass is 9.82. The number of hydrogen-bond acceptors (Lipinski definition) is 4. The van der Waals surface area contributed by atoms with Gasteiger partial charge in [-0.05, 0) is 25.8 Å². The summed E-state index contributed by atoms with van der Waals surface area (Å²) in [6, 6.07) is 7.35. The molecule has 5 nitrogen and oxygen atoms in total. The van der Waals surface area contributed by atoms with Gasteiger partial charge in [-0.3, -0.25) is 9.59 Å². The van der Waals surface area contributed by atoms with E-state index >= 15 is 0 Å². The van der Waals surface area contributed by atoms with E-state index in [-0.39, 0.29) is 12.5 Å². The fourth-order valence-corrected chi connectivity index (χ4v) is 3.99. The Balaban J connectivity index is 1.81. The summed E-state index contributed by atoms with van der Waals surface area (Å²) in [5.41, 5.74) is 0.233. The van der Waals surface area contributed by atoms with Crippen LogP contribution in [0.1, 0.15) is 30.3 Å². The van der Waals surface area contributed by atoms with E-state index in [0.29, 0.717) is 35.1 Å². The Morgan fingerprint density at radius 1 is 1.38 bits per heavy atom. The average Bonchev–Trinajstić information content (AvgIpc) is 3.04. The van der Waals surface area contributed by atoms with Gasteiger partial charge in [0.1, 0.15) is 10.7 Å². The van der Waals surface area contributed by atoms with Crippen LogP contribution in [-0.2, 0) is 4.79 Å². The van der Waals surface area contributed by atoms with Gasteiger partial charge < -0.3 is 10.0 Å². The summed E-state index contributed by atoms with van der Waals surface area (Å²) >= 11 is 7.53. The third-order valence-electron chi connectivity index (χ3n) is 4.33. The van der Waals surface area contributed by atoms with Crippen LogP contribution in [0.2, 0.25) is 5.02 Å². The standard InChI is InChI=1S/C17H17ClN2O3S/c1-17(16(22)23)7-4-8-20(10-17)15(21)13-9-24-14(19-13)11-5-2-3-6-12(11)18/h2-3,5-6,9H,4,7-8,10H2,1H3,(H,22,23). The SMILES string of the molecule is CC1(C(=O)O)CCCN(C(=O)c2csc(-c3ccccc3Cl)n2)C1. The van der Waals surface area contributed by atoms with E-state index in [2.05, 4.69) is 4.98 Å². The first kappa shape index (κ1) is 16.9. The number of hydrogen-bond donors (Lipinski definition) is 1. The molecule has 126 valence electrons. The smallest absolute Gasteiger partial charge is 0.311 e. The molecule has 1 aliphatic heterocycles. The number of halogens is 1. The van der Waals surface area contributed by atoms with Crippen molar-refractivity contribution in [1.29, 1.82) is 0 Å². The van der Waals surface area contributed by atoms with E-state index in [1.807, 2.05) is 18.2 Å². The molecule has 3 rings (SSSR count). The molecule has 24 heavy (non-hydrogen) atoms. The molecule has 0 aliphatic carbocycles. The number of aliphatic carboxylic acids is 1. The van der Waals surface area contributed by atoms with Crippen LogP contribution >= 0.6 is 22.9 Å². The van der Waals surface area contributed by atoms with Crippen LogP contribution in [-0.4, -0.2) is 40.0 Å². The Morgan fingerprint density at radius 3 is 2.83 bits per heavy atom. The highest BCUT2D eigenvalue weighted by molar-refractivity contribution is 7.13. The van der Waals surface area contributed by atoms with Crippen molar-refractivity contribution in [2.24, 2.45) is 5.41 Å². The fraction of sp³-hybridized carbons (Fsp3) is 0.353. The average molecular weight is 365 g/mol. The normalized spacial score (nSPS) is 20.8. The highest BCUT2D eigenvalue weighted by atomic mass is 35.5. The van der Waals surface area contributed by atoms with Crippen LogP contribution in [0.25, 0.3) is 10.6 Å². The zero-order chi connectivity index (χ0) is 17.3. The molecule has 2 aromatic rings. The summed E-state index contributed by atoms with van der Waals surface area (Å²) in [6.07, 6.45) is 1.25. The third kappa shape index (κ3) is 3.16. The van der Waals surface area contributed by atoms with E-state index in [1.165, 1.54) is 11.3 Å². The molecule has 0 bridgehead atoms.